The van der Waals surface area contributed by atoms with Crippen LogP contribution < -0.4 is 20.5 Å². The summed E-state index contributed by atoms with van der Waals surface area (Å²) in [5, 5.41) is 2.99. The first-order valence-electron chi connectivity index (χ1n) is 5.78. The van der Waals surface area contributed by atoms with Crippen molar-refractivity contribution in [2.75, 3.05) is 25.3 Å². The molecular formula is C14H14ClFN2O2. The summed E-state index contributed by atoms with van der Waals surface area (Å²) in [6.45, 7) is 0. The molecule has 0 aliphatic carbocycles. The van der Waals surface area contributed by atoms with Gasteiger partial charge in [-0.2, -0.15) is 0 Å². The van der Waals surface area contributed by atoms with E-state index in [-0.39, 0.29) is 5.02 Å². The number of halogens is 2. The van der Waals surface area contributed by atoms with E-state index in [9.17, 15) is 4.39 Å². The largest absolute Gasteiger partial charge is 0.497 e. The van der Waals surface area contributed by atoms with E-state index in [0.717, 1.165) is 0 Å². The molecule has 0 unspecified atom stereocenters. The molecule has 0 atom stereocenters. The van der Waals surface area contributed by atoms with Crippen molar-refractivity contribution in [3.8, 4) is 11.5 Å². The molecule has 2 rings (SSSR count). The Hall–Kier alpha value is -2.14. The van der Waals surface area contributed by atoms with E-state index < -0.39 is 5.82 Å². The van der Waals surface area contributed by atoms with Gasteiger partial charge in [0.15, 0.2) is 0 Å². The lowest BCUT2D eigenvalue weighted by Gasteiger charge is -2.14. The zero-order valence-corrected chi connectivity index (χ0v) is 11.8. The number of hydrogen-bond donors (Lipinski definition) is 2. The quantitative estimate of drug-likeness (QED) is 0.842. The summed E-state index contributed by atoms with van der Waals surface area (Å²) in [6.07, 6.45) is 0. The van der Waals surface area contributed by atoms with Crippen molar-refractivity contribution >= 4 is 28.7 Å². The van der Waals surface area contributed by atoms with Crippen molar-refractivity contribution in [3.05, 3.63) is 41.2 Å². The maximum Gasteiger partial charge on any atom is 0.145 e. The molecule has 3 N–H and O–H groups in total. The predicted octanol–water partition coefficient (Wildman–Crippen LogP) is 3.82. The minimum atomic E-state index is -0.546. The van der Waals surface area contributed by atoms with E-state index in [1.807, 2.05) is 0 Å². The van der Waals surface area contributed by atoms with E-state index in [0.29, 0.717) is 28.6 Å². The fraction of sp³-hybridized carbons (Fsp3) is 0.143. The molecule has 0 saturated heterocycles. The average Bonchev–Trinajstić information content (AvgIpc) is 2.45. The Morgan fingerprint density at radius 1 is 1.10 bits per heavy atom. The SMILES string of the molecule is COc1ccc(Nc2cc(F)c(Cl)cc2N)c(OC)c1. The molecular weight excluding hydrogens is 283 g/mol. The third-order valence-corrected chi connectivity index (χ3v) is 3.06. The van der Waals surface area contributed by atoms with Crippen molar-refractivity contribution < 1.29 is 13.9 Å². The van der Waals surface area contributed by atoms with Gasteiger partial charge in [0.1, 0.15) is 17.3 Å². The lowest BCUT2D eigenvalue weighted by Crippen LogP contribution is -2.00. The molecule has 0 aliphatic rings. The van der Waals surface area contributed by atoms with E-state index in [2.05, 4.69) is 5.32 Å². The lowest BCUT2D eigenvalue weighted by molar-refractivity contribution is 0.395. The van der Waals surface area contributed by atoms with Gasteiger partial charge in [0.05, 0.1) is 36.3 Å². The second-order valence-corrected chi connectivity index (χ2v) is 4.45. The van der Waals surface area contributed by atoms with Crippen LogP contribution >= 0.6 is 11.6 Å². The van der Waals surface area contributed by atoms with Crippen LogP contribution in [0.25, 0.3) is 0 Å². The van der Waals surface area contributed by atoms with E-state index >= 15 is 0 Å². The van der Waals surface area contributed by atoms with Crippen molar-refractivity contribution in [1.82, 2.24) is 0 Å². The highest BCUT2D eigenvalue weighted by molar-refractivity contribution is 6.31. The monoisotopic (exact) mass is 296 g/mol. The first kappa shape index (κ1) is 14.3. The molecule has 20 heavy (non-hydrogen) atoms. The molecule has 0 fully saturated rings. The van der Waals surface area contributed by atoms with Gasteiger partial charge in [-0.1, -0.05) is 11.6 Å². The number of ether oxygens (including phenoxy) is 2. The van der Waals surface area contributed by atoms with Crippen LogP contribution in [0, 0.1) is 5.82 Å². The summed E-state index contributed by atoms with van der Waals surface area (Å²) < 4.78 is 23.8. The fourth-order valence-corrected chi connectivity index (χ4v) is 1.89. The van der Waals surface area contributed by atoms with Crippen LogP contribution in [0.5, 0.6) is 11.5 Å². The molecule has 106 valence electrons. The zero-order valence-electron chi connectivity index (χ0n) is 11.0. The summed E-state index contributed by atoms with van der Waals surface area (Å²) in [7, 11) is 3.10. The summed E-state index contributed by atoms with van der Waals surface area (Å²) in [5.74, 6) is 0.664. The molecule has 0 heterocycles. The second kappa shape index (κ2) is 5.88. The Kier molecular flexibility index (Phi) is 4.20. The van der Waals surface area contributed by atoms with Crippen LogP contribution in [0.2, 0.25) is 5.02 Å². The lowest BCUT2D eigenvalue weighted by atomic mass is 10.2. The number of rotatable bonds is 4. The maximum atomic E-state index is 13.5. The summed E-state index contributed by atoms with van der Waals surface area (Å²) in [4.78, 5) is 0. The van der Waals surface area contributed by atoms with Gasteiger partial charge in [-0.25, -0.2) is 4.39 Å². The van der Waals surface area contributed by atoms with Crippen LogP contribution in [-0.2, 0) is 0 Å². The maximum absolute atomic E-state index is 13.5. The minimum absolute atomic E-state index is 0.0188. The van der Waals surface area contributed by atoms with E-state index in [1.54, 1.807) is 25.3 Å². The molecule has 0 spiro atoms. The number of hydrogen-bond acceptors (Lipinski definition) is 4. The fourth-order valence-electron chi connectivity index (χ4n) is 1.72. The van der Waals surface area contributed by atoms with Gasteiger partial charge < -0.3 is 20.5 Å². The average molecular weight is 297 g/mol. The van der Waals surface area contributed by atoms with Crippen molar-refractivity contribution in [3.63, 3.8) is 0 Å². The topological polar surface area (TPSA) is 56.5 Å². The van der Waals surface area contributed by atoms with Crippen molar-refractivity contribution in [2.24, 2.45) is 0 Å². The Morgan fingerprint density at radius 3 is 2.50 bits per heavy atom. The number of nitrogen functional groups attached to an aromatic ring is 1. The number of nitrogens with two attached hydrogens (primary N) is 1. The third-order valence-electron chi connectivity index (χ3n) is 2.77. The van der Waals surface area contributed by atoms with E-state index in [1.165, 1.54) is 19.2 Å². The summed E-state index contributed by atoms with van der Waals surface area (Å²) in [6, 6.07) is 7.82. The summed E-state index contributed by atoms with van der Waals surface area (Å²) in [5.41, 5.74) is 7.20. The highest BCUT2D eigenvalue weighted by Gasteiger charge is 2.10. The smallest absolute Gasteiger partial charge is 0.145 e. The normalized spacial score (nSPS) is 10.2. The molecule has 0 saturated carbocycles. The molecule has 4 nitrogen and oxygen atoms in total. The number of anilines is 3. The Labute approximate surface area is 121 Å². The molecule has 0 aliphatic heterocycles. The third kappa shape index (κ3) is 2.88. The standard InChI is InChI=1S/C14H14ClFN2O2/c1-19-8-3-4-12(14(5-8)20-2)18-13-7-10(16)9(15)6-11(13)17/h3-7,18H,17H2,1-2H3. The highest BCUT2D eigenvalue weighted by Crippen LogP contribution is 2.34. The molecule has 2 aromatic rings. The highest BCUT2D eigenvalue weighted by atomic mass is 35.5. The van der Waals surface area contributed by atoms with Crippen LogP contribution in [-0.4, -0.2) is 14.2 Å². The van der Waals surface area contributed by atoms with Gasteiger partial charge in [-0.15, -0.1) is 0 Å². The minimum Gasteiger partial charge on any atom is -0.497 e. The first-order valence-corrected chi connectivity index (χ1v) is 6.16. The zero-order chi connectivity index (χ0) is 14.7. The van der Waals surface area contributed by atoms with Crippen LogP contribution in [0.1, 0.15) is 0 Å². The molecule has 0 bridgehead atoms. The van der Waals surface area contributed by atoms with Crippen LogP contribution in [0.3, 0.4) is 0 Å². The molecule has 0 radical (unpaired) electrons. The van der Waals surface area contributed by atoms with Crippen molar-refractivity contribution in [1.29, 1.82) is 0 Å². The van der Waals surface area contributed by atoms with E-state index in [4.69, 9.17) is 26.8 Å². The van der Waals surface area contributed by atoms with Gasteiger partial charge in [0, 0.05) is 12.1 Å². The van der Waals surface area contributed by atoms with Crippen LogP contribution in [0.4, 0.5) is 21.5 Å². The number of benzene rings is 2. The number of methoxy groups -OCH3 is 2. The Balaban J connectivity index is 2.37. The second-order valence-electron chi connectivity index (χ2n) is 4.04. The van der Waals surface area contributed by atoms with Gasteiger partial charge >= 0.3 is 0 Å². The molecule has 6 heteroatoms. The Bertz CT molecular complexity index is 635. The predicted molar refractivity (Wildman–Crippen MR) is 78.7 cm³/mol. The van der Waals surface area contributed by atoms with Gasteiger partial charge in [0.25, 0.3) is 0 Å². The molecule has 0 amide bonds. The van der Waals surface area contributed by atoms with Gasteiger partial charge in [0.2, 0.25) is 0 Å². The van der Waals surface area contributed by atoms with Crippen molar-refractivity contribution in [2.45, 2.75) is 0 Å². The van der Waals surface area contributed by atoms with Crippen LogP contribution in [0.15, 0.2) is 30.3 Å². The first-order chi connectivity index (χ1) is 9.55. The van der Waals surface area contributed by atoms with Gasteiger partial charge in [-0.05, 0) is 18.2 Å². The van der Waals surface area contributed by atoms with Gasteiger partial charge in [-0.3, -0.25) is 0 Å². The molecule has 0 aromatic heterocycles. The summed E-state index contributed by atoms with van der Waals surface area (Å²) >= 11 is 5.66. The molecule has 2 aromatic carbocycles. The Morgan fingerprint density at radius 2 is 1.85 bits per heavy atom. The number of nitrogens with one attached hydrogen (secondary N) is 1.